The first-order valence-electron chi connectivity index (χ1n) is 6.80. The van der Waals surface area contributed by atoms with Gasteiger partial charge in [-0.15, -0.1) is 11.6 Å². The number of hydrogen-bond donors (Lipinski definition) is 0. The molecule has 0 fully saturated rings. The van der Waals surface area contributed by atoms with Gasteiger partial charge in [-0.2, -0.15) is 0 Å². The maximum Gasteiger partial charge on any atom is 0.146 e. The Morgan fingerprint density at radius 1 is 1.10 bits per heavy atom. The molecule has 2 aromatic rings. The fraction of sp³-hybridized carbons (Fsp3) is 0.353. The number of alkyl halides is 1. The van der Waals surface area contributed by atoms with Gasteiger partial charge in [0.2, 0.25) is 0 Å². The quantitative estimate of drug-likeness (QED) is 0.751. The topological polar surface area (TPSA) is 31.4 Å². The predicted octanol–water partition coefficient (Wildman–Crippen LogP) is 4.92. The summed E-state index contributed by atoms with van der Waals surface area (Å²) in [4.78, 5) is 4.14. The van der Waals surface area contributed by atoms with E-state index >= 15 is 0 Å². The van der Waals surface area contributed by atoms with Crippen LogP contribution >= 0.6 is 11.6 Å². The molecule has 0 aliphatic carbocycles. The monoisotopic (exact) mass is 305 g/mol. The molecule has 0 aliphatic heterocycles. The summed E-state index contributed by atoms with van der Waals surface area (Å²) in [6.07, 6.45) is 3.42. The fourth-order valence-corrected chi connectivity index (χ4v) is 2.18. The zero-order valence-corrected chi connectivity index (χ0v) is 13.6. The number of aromatic nitrogens is 1. The highest BCUT2D eigenvalue weighted by molar-refractivity contribution is 6.17. The van der Waals surface area contributed by atoms with Gasteiger partial charge in [-0.3, -0.25) is 4.98 Å². The number of rotatable bonds is 4. The van der Waals surface area contributed by atoms with E-state index in [2.05, 4.69) is 25.8 Å². The van der Waals surface area contributed by atoms with E-state index in [0.717, 1.165) is 22.6 Å². The molecule has 1 aromatic carbocycles. The van der Waals surface area contributed by atoms with Crippen molar-refractivity contribution < 1.29 is 9.47 Å². The first-order valence-corrected chi connectivity index (χ1v) is 7.34. The zero-order valence-electron chi connectivity index (χ0n) is 12.8. The van der Waals surface area contributed by atoms with Crippen LogP contribution in [0.1, 0.15) is 31.9 Å². The number of ether oxygens (including phenoxy) is 2. The van der Waals surface area contributed by atoms with Gasteiger partial charge in [-0.1, -0.05) is 20.8 Å². The molecular weight excluding hydrogens is 286 g/mol. The summed E-state index contributed by atoms with van der Waals surface area (Å²) in [5.41, 5.74) is 1.96. The van der Waals surface area contributed by atoms with Crippen molar-refractivity contribution in [2.45, 2.75) is 32.1 Å². The number of nitrogens with zero attached hydrogens (tertiary/aromatic N) is 1. The molecule has 1 aromatic heterocycles. The van der Waals surface area contributed by atoms with Crippen LogP contribution in [-0.4, -0.2) is 12.1 Å². The molecule has 0 unspecified atom stereocenters. The van der Waals surface area contributed by atoms with E-state index in [9.17, 15) is 0 Å². The molecule has 112 valence electrons. The van der Waals surface area contributed by atoms with Crippen LogP contribution in [0.3, 0.4) is 0 Å². The second-order valence-electron chi connectivity index (χ2n) is 5.88. The van der Waals surface area contributed by atoms with E-state index in [0.29, 0.717) is 11.6 Å². The van der Waals surface area contributed by atoms with Crippen molar-refractivity contribution in [1.29, 1.82) is 0 Å². The van der Waals surface area contributed by atoms with Gasteiger partial charge >= 0.3 is 0 Å². The van der Waals surface area contributed by atoms with Crippen LogP contribution in [0, 0.1) is 0 Å². The van der Waals surface area contributed by atoms with Crippen LogP contribution in [0.4, 0.5) is 0 Å². The van der Waals surface area contributed by atoms with Crippen LogP contribution in [-0.2, 0) is 11.3 Å². The molecule has 4 heteroatoms. The van der Waals surface area contributed by atoms with Crippen LogP contribution in [0.5, 0.6) is 17.2 Å². The summed E-state index contributed by atoms with van der Waals surface area (Å²) >= 11 is 5.83. The zero-order chi connectivity index (χ0) is 15.5. The first-order chi connectivity index (χ1) is 9.94. The van der Waals surface area contributed by atoms with Gasteiger partial charge < -0.3 is 9.47 Å². The maximum absolute atomic E-state index is 6.00. The number of hydrogen-bond acceptors (Lipinski definition) is 3. The van der Waals surface area contributed by atoms with Gasteiger partial charge in [-0.25, -0.2) is 0 Å². The highest BCUT2D eigenvalue weighted by atomic mass is 35.5. The van der Waals surface area contributed by atoms with Gasteiger partial charge in [0.1, 0.15) is 17.2 Å². The molecule has 3 nitrogen and oxygen atoms in total. The number of benzene rings is 1. The summed E-state index contributed by atoms with van der Waals surface area (Å²) in [6, 6.07) is 7.72. The number of pyridine rings is 1. The third-order valence-corrected chi connectivity index (χ3v) is 3.46. The molecule has 0 atom stereocenters. The Morgan fingerprint density at radius 3 is 2.48 bits per heavy atom. The van der Waals surface area contributed by atoms with Crippen LogP contribution in [0.2, 0.25) is 0 Å². The highest BCUT2D eigenvalue weighted by Crippen LogP contribution is 2.36. The number of methoxy groups -OCH3 is 1. The summed E-state index contributed by atoms with van der Waals surface area (Å²) in [6.45, 7) is 6.42. The van der Waals surface area contributed by atoms with Crippen LogP contribution < -0.4 is 9.47 Å². The lowest BCUT2D eigenvalue weighted by Gasteiger charge is -2.23. The molecule has 0 radical (unpaired) electrons. The Labute approximate surface area is 130 Å². The van der Waals surface area contributed by atoms with Crippen molar-refractivity contribution >= 4 is 11.6 Å². The summed E-state index contributed by atoms with van der Waals surface area (Å²) in [7, 11) is 1.66. The van der Waals surface area contributed by atoms with E-state index in [4.69, 9.17) is 21.1 Å². The largest absolute Gasteiger partial charge is 0.497 e. The number of halogens is 1. The Morgan fingerprint density at radius 2 is 1.86 bits per heavy atom. The molecule has 0 saturated heterocycles. The van der Waals surface area contributed by atoms with E-state index in [-0.39, 0.29) is 5.41 Å². The van der Waals surface area contributed by atoms with Crippen molar-refractivity contribution in [3.63, 3.8) is 0 Å². The summed E-state index contributed by atoms with van der Waals surface area (Å²) < 4.78 is 11.3. The third kappa shape index (κ3) is 3.88. The van der Waals surface area contributed by atoms with Crippen molar-refractivity contribution in [2.75, 3.05) is 7.11 Å². The molecular formula is C17H20ClNO2. The lowest BCUT2D eigenvalue weighted by molar-refractivity contribution is 0.407. The first kappa shape index (κ1) is 15.6. The molecule has 1 heterocycles. The van der Waals surface area contributed by atoms with Crippen molar-refractivity contribution in [3.8, 4) is 17.2 Å². The van der Waals surface area contributed by atoms with Crippen LogP contribution in [0.15, 0.2) is 36.7 Å². The van der Waals surface area contributed by atoms with Gasteiger partial charge in [0.25, 0.3) is 0 Å². The van der Waals surface area contributed by atoms with Gasteiger partial charge in [0.15, 0.2) is 0 Å². The molecule has 0 aliphatic rings. The van der Waals surface area contributed by atoms with Crippen LogP contribution in [0.25, 0.3) is 0 Å². The Hall–Kier alpha value is -1.74. The molecule has 0 N–H and O–H groups in total. The summed E-state index contributed by atoms with van der Waals surface area (Å²) in [5.74, 6) is 2.72. The van der Waals surface area contributed by atoms with Gasteiger partial charge in [-0.05, 0) is 35.2 Å². The minimum Gasteiger partial charge on any atom is -0.497 e. The highest BCUT2D eigenvalue weighted by Gasteiger charge is 2.20. The lowest BCUT2D eigenvalue weighted by Crippen LogP contribution is -2.12. The molecule has 2 rings (SSSR count). The fourth-order valence-electron chi connectivity index (χ4n) is 2.03. The maximum atomic E-state index is 6.00. The second kappa shape index (κ2) is 6.35. The normalized spacial score (nSPS) is 11.3. The Balaban J connectivity index is 2.39. The lowest BCUT2D eigenvalue weighted by atomic mass is 9.86. The minimum absolute atomic E-state index is 0.0542. The van der Waals surface area contributed by atoms with Crippen molar-refractivity contribution in [3.05, 3.63) is 47.8 Å². The average molecular weight is 306 g/mol. The van der Waals surface area contributed by atoms with Crippen molar-refractivity contribution in [2.24, 2.45) is 0 Å². The standard InChI is InChI=1S/C17H20ClNO2/c1-17(2,3)15-8-13(20-4)5-6-16(15)21-14-7-12(9-18)10-19-11-14/h5-8,10-11H,9H2,1-4H3. The summed E-state index contributed by atoms with van der Waals surface area (Å²) in [5, 5.41) is 0. The third-order valence-electron chi connectivity index (χ3n) is 3.15. The SMILES string of the molecule is COc1ccc(Oc2cncc(CCl)c2)c(C(C)(C)C)c1. The van der Waals surface area contributed by atoms with Gasteiger partial charge in [0.05, 0.1) is 13.3 Å². The smallest absolute Gasteiger partial charge is 0.146 e. The van der Waals surface area contributed by atoms with E-state index in [1.54, 1.807) is 19.5 Å². The van der Waals surface area contributed by atoms with Gasteiger partial charge in [0, 0.05) is 17.6 Å². The molecule has 0 amide bonds. The average Bonchev–Trinajstić information content (AvgIpc) is 2.46. The minimum atomic E-state index is -0.0542. The van der Waals surface area contributed by atoms with Crippen molar-refractivity contribution in [1.82, 2.24) is 4.98 Å². The molecule has 0 spiro atoms. The Bertz CT molecular complexity index is 620. The van der Waals surface area contributed by atoms with E-state index in [1.807, 2.05) is 24.3 Å². The Kier molecular flexibility index (Phi) is 4.73. The van der Waals surface area contributed by atoms with E-state index < -0.39 is 0 Å². The van der Waals surface area contributed by atoms with E-state index in [1.165, 1.54) is 0 Å². The second-order valence-corrected chi connectivity index (χ2v) is 6.14. The molecule has 21 heavy (non-hydrogen) atoms. The molecule has 0 bridgehead atoms. The predicted molar refractivity (Wildman–Crippen MR) is 85.6 cm³/mol. The molecule has 0 saturated carbocycles.